The lowest BCUT2D eigenvalue weighted by atomic mass is 9.97. The minimum Gasteiger partial charge on any atom is -0.459 e. The fourth-order valence-electron chi connectivity index (χ4n) is 2.33. The van der Waals surface area contributed by atoms with Crippen LogP contribution in [0.4, 0.5) is 0 Å². The lowest BCUT2D eigenvalue weighted by Gasteiger charge is -2.10. The fraction of sp³-hybridized carbons (Fsp3) is 0.500. The van der Waals surface area contributed by atoms with Crippen LogP contribution in [-0.4, -0.2) is 6.54 Å². The van der Waals surface area contributed by atoms with Gasteiger partial charge in [-0.1, -0.05) is 39.0 Å². The van der Waals surface area contributed by atoms with Crippen LogP contribution in [0.25, 0.3) is 11.0 Å². The highest BCUT2D eigenvalue weighted by molar-refractivity contribution is 5.81. The molecule has 0 bridgehead atoms. The third-order valence-electron chi connectivity index (χ3n) is 3.67. The summed E-state index contributed by atoms with van der Waals surface area (Å²) in [4.78, 5) is 0. The Morgan fingerprint density at radius 1 is 1.22 bits per heavy atom. The summed E-state index contributed by atoms with van der Waals surface area (Å²) >= 11 is 0. The van der Waals surface area contributed by atoms with Gasteiger partial charge in [0, 0.05) is 5.39 Å². The molecule has 1 aromatic heterocycles. The number of benzene rings is 1. The Morgan fingerprint density at radius 3 is 2.67 bits per heavy atom. The van der Waals surface area contributed by atoms with Gasteiger partial charge in [-0.2, -0.15) is 0 Å². The largest absolute Gasteiger partial charge is 0.459 e. The summed E-state index contributed by atoms with van der Waals surface area (Å²) in [6.07, 6.45) is 1.14. The van der Waals surface area contributed by atoms with Crippen LogP contribution in [0.1, 0.15) is 57.4 Å². The van der Waals surface area contributed by atoms with Crippen LogP contribution in [0.5, 0.6) is 0 Å². The quantitative estimate of drug-likeness (QED) is 0.831. The molecular weight excluding hydrogens is 222 g/mol. The van der Waals surface area contributed by atoms with Crippen LogP contribution in [0.2, 0.25) is 0 Å². The lowest BCUT2D eigenvalue weighted by molar-refractivity contribution is 0.457. The van der Waals surface area contributed by atoms with Gasteiger partial charge in [0.2, 0.25) is 0 Å². The van der Waals surface area contributed by atoms with Crippen LogP contribution in [0, 0.1) is 0 Å². The highest BCUT2D eigenvalue weighted by Crippen LogP contribution is 2.31. The fourth-order valence-corrected chi connectivity index (χ4v) is 2.33. The van der Waals surface area contributed by atoms with Crippen molar-refractivity contribution < 1.29 is 4.42 Å². The van der Waals surface area contributed by atoms with E-state index in [1.165, 1.54) is 10.9 Å². The van der Waals surface area contributed by atoms with E-state index in [4.69, 9.17) is 4.42 Å². The third kappa shape index (κ3) is 2.44. The number of hydrogen-bond donors (Lipinski definition) is 1. The second-order valence-corrected chi connectivity index (χ2v) is 5.00. The molecule has 1 N–H and O–H groups in total. The molecule has 2 rings (SSSR count). The molecule has 1 aromatic carbocycles. The first kappa shape index (κ1) is 13.2. The summed E-state index contributed by atoms with van der Waals surface area (Å²) in [5.41, 5.74) is 2.39. The van der Waals surface area contributed by atoms with Gasteiger partial charge in [0.15, 0.2) is 0 Å². The topological polar surface area (TPSA) is 25.2 Å². The number of para-hydroxylation sites is 1. The van der Waals surface area contributed by atoms with Gasteiger partial charge in [-0.3, -0.25) is 0 Å². The summed E-state index contributed by atoms with van der Waals surface area (Å²) in [6.45, 7) is 9.68. The molecule has 0 saturated carbocycles. The van der Waals surface area contributed by atoms with Gasteiger partial charge in [-0.15, -0.1) is 0 Å². The van der Waals surface area contributed by atoms with Gasteiger partial charge in [0.25, 0.3) is 0 Å². The van der Waals surface area contributed by atoms with Crippen molar-refractivity contribution >= 4 is 11.0 Å². The molecule has 2 heteroatoms. The zero-order valence-electron chi connectivity index (χ0n) is 11.8. The predicted molar refractivity (Wildman–Crippen MR) is 77.0 cm³/mol. The molecule has 0 aliphatic heterocycles. The summed E-state index contributed by atoms with van der Waals surface area (Å²) in [5, 5.41) is 4.61. The molecular formula is C16H23NO. The Morgan fingerprint density at radius 2 is 2.00 bits per heavy atom. The Bertz CT molecular complexity index is 515. The van der Waals surface area contributed by atoms with Gasteiger partial charge in [-0.05, 0) is 37.4 Å². The Kier molecular flexibility index (Phi) is 4.07. The van der Waals surface area contributed by atoms with E-state index in [-0.39, 0.29) is 6.04 Å². The lowest BCUT2D eigenvalue weighted by Crippen LogP contribution is -2.16. The highest BCUT2D eigenvalue weighted by atomic mass is 16.3. The molecule has 2 aromatic rings. The van der Waals surface area contributed by atoms with E-state index in [2.05, 4.69) is 57.3 Å². The van der Waals surface area contributed by atoms with Gasteiger partial charge in [0.05, 0.1) is 6.04 Å². The zero-order valence-corrected chi connectivity index (χ0v) is 11.8. The van der Waals surface area contributed by atoms with Gasteiger partial charge >= 0.3 is 0 Å². The molecule has 18 heavy (non-hydrogen) atoms. The maximum Gasteiger partial charge on any atom is 0.137 e. The van der Waals surface area contributed by atoms with Crippen LogP contribution >= 0.6 is 0 Å². The monoisotopic (exact) mass is 245 g/mol. The van der Waals surface area contributed by atoms with Crippen molar-refractivity contribution in [1.29, 1.82) is 0 Å². The SMILES string of the molecule is CCNC(C)c1cc2cccc(C(C)CC)c2o1. The van der Waals surface area contributed by atoms with E-state index in [9.17, 15) is 0 Å². The zero-order chi connectivity index (χ0) is 13.1. The molecule has 0 radical (unpaired) electrons. The summed E-state index contributed by atoms with van der Waals surface area (Å²) in [5.74, 6) is 1.57. The first-order chi connectivity index (χ1) is 8.67. The second kappa shape index (κ2) is 5.57. The minimum absolute atomic E-state index is 0.271. The van der Waals surface area contributed by atoms with Crippen molar-refractivity contribution in [2.24, 2.45) is 0 Å². The third-order valence-corrected chi connectivity index (χ3v) is 3.67. The van der Waals surface area contributed by atoms with Crippen molar-refractivity contribution in [3.05, 3.63) is 35.6 Å². The van der Waals surface area contributed by atoms with Crippen molar-refractivity contribution in [3.63, 3.8) is 0 Å². The average Bonchev–Trinajstić information content (AvgIpc) is 2.81. The molecule has 98 valence electrons. The van der Waals surface area contributed by atoms with Gasteiger partial charge in [-0.25, -0.2) is 0 Å². The van der Waals surface area contributed by atoms with E-state index >= 15 is 0 Å². The van der Waals surface area contributed by atoms with Crippen molar-refractivity contribution in [2.75, 3.05) is 6.54 Å². The van der Waals surface area contributed by atoms with E-state index < -0.39 is 0 Å². The molecule has 0 amide bonds. The minimum atomic E-state index is 0.271. The molecule has 0 aliphatic rings. The smallest absolute Gasteiger partial charge is 0.137 e. The number of rotatable bonds is 5. The standard InChI is InChI=1S/C16H23NO/c1-5-11(3)14-9-7-8-13-10-15(18-16(13)14)12(4)17-6-2/h7-12,17H,5-6H2,1-4H3. The van der Waals surface area contributed by atoms with E-state index in [0.717, 1.165) is 24.3 Å². The first-order valence-electron chi connectivity index (χ1n) is 6.93. The average molecular weight is 245 g/mol. The predicted octanol–water partition coefficient (Wildman–Crippen LogP) is 4.62. The maximum absolute atomic E-state index is 6.07. The molecule has 0 spiro atoms. The van der Waals surface area contributed by atoms with E-state index in [1.54, 1.807) is 0 Å². The van der Waals surface area contributed by atoms with Crippen LogP contribution in [0.15, 0.2) is 28.7 Å². The summed E-state index contributed by atoms with van der Waals surface area (Å²) in [6, 6.07) is 8.87. The normalized spacial score (nSPS) is 14.9. The molecule has 2 unspecified atom stereocenters. The second-order valence-electron chi connectivity index (χ2n) is 5.00. The number of nitrogens with one attached hydrogen (secondary N) is 1. The van der Waals surface area contributed by atoms with E-state index in [0.29, 0.717) is 5.92 Å². The number of hydrogen-bond acceptors (Lipinski definition) is 2. The van der Waals surface area contributed by atoms with Crippen molar-refractivity contribution in [3.8, 4) is 0 Å². The van der Waals surface area contributed by atoms with Crippen LogP contribution in [-0.2, 0) is 0 Å². The van der Waals surface area contributed by atoms with Gasteiger partial charge < -0.3 is 9.73 Å². The summed E-state index contributed by atoms with van der Waals surface area (Å²) < 4.78 is 6.07. The molecule has 0 aliphatic carbocycles. The van der Waals surface area contributed by atoms with Crippen molar-refractivity contribution in [1.82, 2.24) is 5.32 Å². The molecule has 2 atom stereocenters. The highest BCUT2D eigenvalue weighted by Gasteiger charge is 2.15. The number of fused-ring (bicyclic) bond motifs is 1. The van der Waals surface area contributed by atoms with Crippen LogP contribution in [0.3, 0.4) is 0 Å². The van der Waals surface area contributed by atoms with E-state index in [1.807, 2.05) is 0 Å². The van der Waals surface area contributed by atoms with Gasteiger partial charge in [0.1, 0.15) is 11.3 Å². The molecule has 0 fully saturated rings. The first-order valence-corrected chi connectivity index (χ1v) is 6.93. The Balaban J connectivity index is 2.44. The van der Waals surface area contributed by atoms with Crippen molar-refractivity contribution in [2.45, 2.75) is 46.1 Å². The Hall–Kier alpha value is -1.28. The molecule has 2 nitrogen and oxygen atoms in total. The molecule has 1 heterocycles. The number of furan rings is 1. The van der Waals surface area contributed by atoms with Crippen LogP contribution < -0.4 is 5.32 Å². The molecule has 0 saturated heterocycles. The summed E-state index contributed by atoms with van der Waals surface area (Å²) in [7, 11) is 0. The maximum atomic E-state index is 6.07. The Labute approximate surface area is 109 Å².